The number of rotatable bonds is 2. The van der Waals surface area contributed by atoms with Gasteiger partial charge < -0.3 is 0 Å². The number of hydrogen-bond donors (Lipinski definition) is 0. The maximum absolute atomic E-state index is 3.02. The van der Waals surface area contributed by atoms with Gasteiger partial charge in [0, 0.05) is 0 Å². The van der Waals surface area contributed by atoms with Crippen LogP contribution in [0.2, 0.25) is 0 Å². The third-order valence-electron chi connectivity index (χ3n) is 2.04. The third-order valence-corrected chi connectivity index (χ3v) is 2.04. The molecule has 0 saturated heterocycles. The largest absolute Gasteiger partial charge is 0.0622 e. The molecule has 65 valence electrons. The van der Waals surface area contributed by atoms with Crippen LogP contribution in [0, 0.1) is 6.07 Å². The van der Waals surface area contributed by atoms with Gasteiger partial charge in [0.2, 0.25) is 0 Å². The summed E-state index contributed by atoms with van der Waals surface area (Å²) in [5.41, 5.74) is 2.69. The van der Waals surface area contributed by atoms with E-state index in [1.54, 1.807) is 0 Å². The van der Waals surface area contributed by atoms with E-state index in [0.717, 1.165) is 6.42 Å². The van der Waals surface area contributed by atoms with E-state index in [9.17, 15) is 0 Å². The van der Waals surface area contributed by atoms with Crippen LogP contribution >= 0.6 is 0 Å². The topological polar surface area (TPSA) is 0 Å². The van der Waals surface area contributed by atoms with Gasteiger partial charge in [-0.1, -0.05) is 54.6 Å². The van der Waals surface area contributed by atoms with Crippen LogP contribution in [0.25, 0.3) is 0 Å². The van der Waals surface area contributed by atoms with Crippen LogP contribution in [-0.2, 0) is 6.42 Å². The van der Waals surface area contributed by atoms with Crippen LogP contribution in [0.3, 0.4) is 0 Å². The summed E-state index contributed by atoms with van der Waals surface area (Å²) in [6.45, 7) is 0. The Morgan fingerprint density at radius 3 is 2.00 bits per heavy atom. The molecule has 0 spiro atoms. The van der Waals surface area contributed by atoms with Gasteiger partial charge in [-0.3, -0.25) is 0 Å². The third kappa shape index (κ3) is 3.30. The Kier molecular flexibility index (Phi) is 4.95. The Morgan fingerprint density at radius 1 is 0.786 bits per heavy atom. The second kappa shape index (κ2) is 6.02. The molecular formula is C13H12Na. The maximum Gasteiger partial charge on any atom is -0.00258 e. The predicted molar refractivity (Wildman–Crippen MR) is 61.7 cm³/mol. The Morgan fingerprint density at radius 2 is 1.36 bits per heavy atom. The van der Waals surface area contributed by atoms with Gasteiger partial charge in [-0.2, -0.15) is 0 Å². The Balaban J connectivity index is 0.000000980. The minimum atomic E-state index is 0. The van der Waals surface area contributed by atoms with E-state index in [4.69, 9.17) is 0 Å². The summed E-state index contributed by atoms with van der Waals surface area (Å²) in [5.74, 6) is 0. The van der Waals surface area contributed by atoms with Crippen molar-refractivity contribution in [2.75, 3.05) is 0 Å². The Labute approximate surface area is 107 Å². The quantitative estimate of drug-likeness (QED) is 0.639. The van der Waals surface area contributed by atoms with Crippen molar-refractivity contribution in [1.82, 2.24) is 0 Å². The summed E-state index contributed by atoms with van der Waals surface area (Å²) in [6.07, 6.45) is 1.01. The molecule has 0 unspecified atom stereocenters. The van der Waals surface area contributed by atoms with E-state index >= 15 is 0 Å². The maximum atomic E-state index is 3.02. The molecule has 0 aliphatic heterocycles. The summed E-state index contributed by atoms with van der Waals surface area (Å²) in [5, 5.41) is 0. The molecule has 1 radical (unpaired) electrons. The average molecular weight is 191 g/mol. The van der Waals surface area contributed by atoms with Gasteiger partial charge in [0.05, 0.1) is 0 Å². The van der Waals surface area contributed by atoms with Crippen molar-refractivity contribution < 1.29 is 0 Å². The van der Waals surface area contributed by atoms with E-state index in [0.29, 0.717) is 0 Å². The Bertz CT molecular complexity index is 316. The van der Waals surface area contributed by atoms with Gasteiger partial charge in [0.1, 0.15) is 0 Å². The van der Waals surface area contributed by atoms with Crippen molar-refractivity contribution in [3.63, 3.8) is 0 Å². The molecular weight excluding hydrogens is 179 g/mol. The molecule has 14 heavy (non-hydrogen) atoms. The summed E-state index contributed by atoms with van der Waals surface area (Å²) in [6, 6.07) is 21.6. The smallest absolute Gasteiger partial charge is 0.00258 e. The van der Waals surface area contributed by atoms with Gasteiger partial charge in [-0.05, 0) is 23.6 Å². The van der Waals surface area contributed by atoms with E-state index in [-0.39, 0.29) is 29.6 Å². The van der Waals surface area contributed by atoms with Crippen molar-refractivity contribution >= 4 is 29.6 Å². The SMILES string of the molecule is [NaH].[c]1ccc(Cc2ccccc2)cc1. The van der Waals surface area contributed by atoms with Crippen LogP contribution in [-0.4, -0.2) is 29.6 Å². The fourth-order valence-corrected chi connectivity index (χ4v) is 1.37. The van der Waals surface area contributed by atoms with E-state index in [1.165, 1.54) is 11.1 Å². The normalized spacial score (nSPS) is 9.14. The summed E-state index contributed by atoms with van der Waals surface area (Å²) >= 11 is 0. The summed E-state index contributed by atoms with van der Waals surface area (Å²) < 4.78 is 0. The van der Waals surface area contributed by atoms with Crippen molar-refractivity contribution in [2.45, 2.75) is 6.42 Å². The van der Waals surface area contributed by atoms with Gasteiger partial charge in [0.25, 0.3) is 0 Å². The fraction of sp³-hybridized carbons (Fsp3) is 0.0769. The van der Waals surface area contributed by atoms with E-state index in [2.05, 4.69) is 42.5 Å². The number of benzene rings is 2. The average Bonchev–Trinajstić information content (AvgIpc) is 2.21. The molecule has 0 bridgehead atoms. The molecule has 2 rings (SSSR count). The molecule has 0 aromatic heterocycles. The summed E-state index contributed by atoms with van der Waals surface area (Å²) in [4.78, 5) is 0. The summed E-state index contributed by atoms with van der Waals surface area (Å²) in [7, 11) is 0. The molecule has 0 nitrogen and oxygen atoms in total. The standard InChI is InChI=1S/C13H11.Na.H/c1-3-7-12(8-4-1)11-13-9-5-2-6-10-13;;/h1,3-10H,11H2;;. The van der Waals surface area contributed by atoms with E-state index < -0.39 is 0 Å². The zero-order valence-corrected chi connectivity index (χ0v) is 7.40. The minimum Gasteiger partial charge on any atom is -0.0622 e. The molecule has 0 aliphatic rings. The van der Waals surface area contributed by atoms with Crippen molar-refractivity contribution in [3.8, 4) is 0 Å². The molecule has 0 atom stereocenters. The molecule has 0 N–H and O–H groups in total. The predicted octanol–water partition coefficient (Wildman–Crippen LogP) is 2.43. The van der Waals surface area contributed by atoms with Crippen LogP contribution < -0.4 is 0 Å². The Hall–Kier alpha value is -0.560. The second-order valence-corrected chi connectivity index (χ2v) is 3.07. The first-order valence-corrected chi connectivity index (χ1v) is 4.44. The zero-order valence-electron chi connectivity index (χ0n) is 7.40. The monoisotopic (exact) mass is 191 g/mol. The van der Waals surface area contributed by atoms with Crippen LogP contribution in [0.5, 0.6) is 0 Å². The number of hydrogen-bond acceptors (Lipinski definition) is 0. The van der Waals surface area contributed by atoms with Crippen LogP contribution in [0.1, 0.15) is 11.1 Å². The second-order valence-electron chi connectivity index (χ2n) is 3.07. The molecule has 2 aromatic carbocycles. The van der Waals surface area contributed by atoms with E-state index in [1.807, 2.05) is 18.2 Å². The van der Waals surface area contributed by atoms with Crippen molar-refractivity contribution in [2.24, 2.45) is 0 Å². The van der Waals surface area contributed by atoms with Crippen LogP contribution in [0.15, 0.2) is 54.6 Å². The first-order chi connectivity index (χ1) is 6.45. The molecule has 0 saturated carbocycles. The van der Waals surface area contributed by atoms with Gasteiger partial charge in [-0.15, -0.1) is 0 Å². The van der Waals surface area contributed by atoms with Gasteiger partial charge >= 0.3 is 29.6 Å². The fourth-order valence-electron chi connectivity index (χ4n) is 1.37. The van der Waals surface area contributed by atoms with Gasteiger partial charge in [-0.25, -0.2) is 0 Å². The molecule has 0 heterocycles. The van der Waals surface area contributed by atoms with Crippen molar-refractivity contribution in [3.05, 3.63) is 71.8 Å². The molecule has 2 aromatic rings. The zero-order chi connectivity index (χ0) is 8.93. The minimum absolute atomic E-state index is 0. The molecule has 1 heteroatoms. The van der Waals surface area contributed by atoms with Crippen molar-refractivity contribution in [1.29, 1.82) is 0 Å². The van der Waals surface area contributed by atoms with Crippen LogP contribution in [0.4, 0.5) is 0 Å². The molecule has 0 aliphatic carbocycles. The first-order valence-electron chi connectivity index (χ1n) is 4.44. The molecule has 0 fully saturated rings. The molecule has 0 amide bonds. The van der Waals surface area contributed by atoms with Gasteiger partial charge in [0.15, 0.2) is 0 Å². The first kappa shape index (κ1) is 11.5.